The van der Waals surface area contributed by atoms with Crippen molar-refractivity contribution in [1.29, 1.82) is 0 Å². The maximum absolute atomic E-state index is 11.9. The van der Waals surface area contributed by atoms with Crippen LogP contribution in [0.5, 0.6) is 0 Å². The number of anilines is 1. The van der Waals surface area contributed by atoms with Crippen molar-refractivity contribution in [2.24, 2.45) is 0 Å². The van der Waals surface area contributed by atoms with Crippen LogP contribution in [-0.4, -0.2) is 38.8 Å². The van der Waals surface area contributed by atoms with Crippen molar-refractivity contribution >= 4 is 15.7 Å². The Labute approximate surface area is 89.2 Å². The lowest BCUT2D eigenvalue weighted by atomic mass is 10.4. The first kappa shape index (κ1) is 10.4. The zero-order chi connectivity index (χ0) is 10.7. The van der Waals surface area contributed by atoms with E-state index < -0.39 is 10.0 Å². The molecule has 1 N–H and O–H groups in total. The van der Waals surface area contributed by atoms with Gasteiger partial charge in [-0.05, 0) is 12.1 Å². The molecule has 5 nitrogen and oxygen atoms in total. The average molecular weight is 227 g/mol. The lowest BCUT2D eigenvalue weighted by Gasteiger charge is -2.21. The molecule has 0 radical (unpaired) electrons. The summed E-state index contributed by atoms with van der Waals surface area (Å²) in [5.41, 5.74) is 0.689. The second-order valence-electron chi connectivity index (χ2n) is 3.34. The van der Waals surface area contributed by atoms with Gasteiger partial charge in [0.15, 0.2) is 0 Å². The molecule has 15 heavy (non-hydrogen) atoms. The summed E-state index contributed by atoms with van der Waals surface area (Å²) in [7, 11) is -3.17. The van der Waals surface area contributed by atoms with E-state index in [2.05, 4.69) is 10.3 Å². The van der Waals surface area contributed by atoms with Crippen molar-refractivity contribution in [3.8, 4) is 0 Å². The van der Waals surface area contributed by atoms with E-state index in [1.807, 2.05) is 0 Å². The van der Waals surface area contributed by atoms with Crippen LogP contribution in [0, 0.1) is 0 Å². The number of hydrogen-bond donors (Lipinski definition) is 1. The van der Waals surface area contributed by atoms with Crippen LogP contribution in [0.4, 0.5) is 5.69 Å². The number of rotatable bonds is 1. The molecule has 2 rings (SSSR count). The molecule has 0 bridgehead atoms. The largest absolute Gasteiger partial charge is 0.314 e. The molecule has 2 heterocycles. The highest BCUT2D eigenvalue weighted by Crippen LogP contribution is 2.17. The second-order valence-corrected chi connectivity index (χ2v) is 5.36. The predicted molar refractivity (Wildman–Crippen MR) is 58.2 cm³/mol. The van der Waals surface area contributed by atoms with Gasteiger partial charge in [0.25, 0.3) is 0 Å². The maximum Gasteiger partial charge on any atom is 0.236 e. The summed E-state index contributed by atoms with van der Waals surface area (Å²) < 4.78 is 25.2. The highest BCUT2D eigenvalue weighted by molar-refractivity contribution is 7.92. The van der Waals surface area contributed by atoms with Crippen LogP contribution in [0.2, 0.25) is 0 Å². The second kappa shape index (κ2) is 4.16. The lowest BCUT2D eigenvalue weighted by molar-refractivity contribution is 0.594. The van der Waals surface area contributed by atoms with E-state index in [1.54, 1.807) is 24.5 Å². The first-order chi connectivity index (χ1) is 7.20. The Kier molecular flexibility index (Phi) is 2.88. The fourth-order valence-electron chi connectivity index (χ4n) is 1.56. The molecule has 82 valence electrons. The zero-order valence-electron chi connectivity index (χ0n) is 8.26. The molecule has 0 saturated carbocycles. The summed E-state index contributed by atoms with van der Waals surface area (Å²) in [5, 5.41) is 3.07. The molecule has 6 heteroatoms. The first-order valence-electron chi connectivity index (χ1n) is 4.81. The average Bonchev–Trinajstić information content (AvgIpc) is 2.40. The molecule has 0 amide bonds. The monoisotopic (exact) mass is 227 g/mol. The molecule has 0 aliphatic carbocycles. The van der Waals surface area contributed by atoms with E-state index in [-0.39, 0.29) is 5.75 Å². The zero-order valence-corrected chi connectivity index (χ0v) is 9.07. The number of nitrogens with zero attached hydrogens (tertiary/aromatic N) is 2. The number of hydrogen-bond acceptors (Lipinski definition) is 4. The fourth-order valence-corrected chi connectivity index (χ4v) is 2.99. The van der Waals surface area contributed by atoms with Crippen LogP contribution in [0.25, 0.3) is 0 Å². The third kappa shape index (κ3) is 2.27. The van der Waals surface area contributed by atoms with Crippen LogP contribution < -0.4 is 9.62 Å². The Balaban J connectivity index is 2.34. The highest BCUT2D eigenvalue weighted by atomic mass is 32.2. The smallest absolute Gasteiger partial charge is 0.236 e. The van der Waals surface area contributed by atoms with Gasteiger partial charge in [-0.25, -0.2) is 8.42 Å². The molecule has 0 atom stereocenters. The minimum Gasteiger partial charge on any atom is -0.314 e. The number of sulfonamides is 1. The van der Waals surface area contributed by atoms with Gasteiger partial charge in [0, 0.05) is 32.0 Å². The topological polar surface area (TPSA) is 62.3 Å². The lowest BCUT2D eigenvalue weighted by Crippen LogP contribution is -2.33. The van der Waals surface area contributed by atoms with Crippen molar-refractivity contribution in [1.82, 2.24) is 10.3 Å². The van der Waals surface area contributed by atoms with Gasteiger partial charge in [-0.15, -0.1) is 0 Å². The molecule has 1 aliphatic rings. The van der Waals surface area contributed by atoms with E-state index in [4.69, 9.17) is 0 Å². The molecule has 0 aromatic carbocycles. The molecular weight excluding hydrogens is 214 g/mol. The Bertz CT molecular complexity index is 418. The Morgan fingerprint density at radius 2 is 2.00 bits per heavy atom. The fraction of sp³-hybridized carbons (Fsp3) is 0.444. The molecule has 0 unspecified atom stereocenters. The van der Waals surface area contributed by atoms with Crippen LogP contribution in [-0.2, 0) is 10.0 Å². The molecule has 0 spiro atoms. The van der Waals surface area contributed by atoms with Crippen molar-refractivity contribution in [3.05, 3.63) is 24.5 Å². The van der Waals surface area contributed by atoms with Crippen LogP contribution in [0.3, 0.4) is 0 Å². The Morgan fingerprint density at radius 3 is 2.73 bits per heavy atom. The van der Waals surface area contributed by atoms with E-state index >= 15 is 0 Å². The SMILES string of the molecule is O=S1(=O)CCNCCN1c1ccncc1. The van der Waals surface area contributed by atoms with Gasteiger partial charge >= 0.3 is 0 Å². The van der Waals surface area contributed by atoms with E-state index in [1.165, 1.54) is 4.31 Å². The van der Waals surface area contributed by atoms with E-state index in [0.29, 0.717) is 25.3 Å². The van der Waals surface area contributed by atoms with Crippen LogP contribution in [0.15, 0.2) is 24.5 Å². The standard InChI is InChI=1S/C9H13N3O2S/c13-15(14)8-6-11-5-7-12(15)9-1-3-10-4-2-9/h1-4,11H,5-8H2. The third-order valence-electron chi connectivity index (χ3n) is 2.31. The Morgan fingerprint density at radius 1 is 1.27 bits per heavy atom. The number of nitrogens with one attached hydrogen (secondary N) is 1. The summed E-state index contributed by atoms with van der Waals surface area (Å²) >= 11 is 0. The van der Waals surface area contributed by atoms with Gasteiger partial charge in [0.1, 0.15) is 0 Å². The minimum absolute atomic E-state index is 0.148. The van der Waals surface area contributed by atoms with Gasteiger partial charge < -0.3 is 5.32 Å². The van der Waals surface area contributed by atoms with Crippen molar-refractivity contribution in [2.45, 2.75) is 0 Å². The summed E-state index contributed by atoms with van der Waals surface area (Å²) in [4.78, 5) is 3.87. The van der Waals surface area contributed by atoms with Crippen molar-refractivity contribution < 1.29 is 8.42 Å². The molecule has 1 fully saturated rings. The normalized spacial score (nSPS) is 20.9. The third-order valence-corrected chi connectivity index (χ3v) is 4.10. The molecule has 1 aliphatic heterocycles. The maximum atomic E-state index is 11.9. The molecular formula is C9H13N3O2S. The van der Waals surface area contributed by atoms with Gasteiger partial charge in [0.05, 0.1) is 11.4 Å². The number of aromatic nitrogens is 1. The summed E-state index contributed by atoms with van der Waals surface area (Å²) in [6.45, 7) is 1.68. The first-order valence-corrected chi connectivity index (χ1v) is 6.42. The minimum atomic E-state index is -3.17. The van der Waals surface area contributed by atoms with Gasteiger partial charge in [-0.1, -0.05) is 0 Å². The quantitative estimate of drug-likeness (QED) is 0.723. The summed E-state index contributed by atoms with van der Waals surface area (Å²) in [6, 6.07) is 3.42. The van der Waals surface area contributed by atoms with Gasteiger partial charge in [-0.3, -0.25) is 9.29 Å². The van der Waals surface area contributed by atoms with Crippen molar-refractivity contribution in [3.63, 3.8) is 0 Å². The predicted octanol–water partition coefficient (Wildman–Crippen LogP) is -0.179. The highest BCUT2D eigenvalue weighted by Gasteiger charge is 2.23. The molecule has 1 aromatic rings. The number of pyridine rings is 1. The molecule has 1 saturated heterocycles. The van der Waals surface area contributed by atoms with E-state index in [0.717, 1.165) is 0 Å². The van der Waals surface area contributed by atoms with Crippen molar-refractivity contribution in [2.75, 3.05) is 29.7 Å². The molecule has 1 aromatic heterocycles. The van der Waals surface area contributed by atoms with Crippen LogP contribution >= 0.6 is 0 Å². The van der Waals surface area contributed by atoms with Gasteiger partial charge in [0.2, 0.25) is 10.0 Å². The summed E-state index contributed by atoms with van der Waals surface area (Å²) in [5.74, 6) is 0.148. The Hall–Kier alpha value is -1.14. The van der Waals surface area contributed by atoms with Gasteiger partial charge in [-0.2, -0.15) is 0 Å². The van der Waals surface area contributed by atoms with E-state index in [9.17, 15) is 8.42 Å². The van der Waals surface area contributed by atoms with Crippen LogP contribution in [0.1, 0.15) is 0 Å². The summed E-state index contributed by atoms with van der Waals surface area (Å²) in [6.07, 6.45) is 3.20.